The van der Waals surface area contributed by atoms with Crippen LogP contribution in [0.4, 0.5) is 5.69 Å². The highest BCUT2D eigenvalue weighted by atomic mass is 16.5. The van der Waals surface area contributed by atoms with Gasteiger partial charge in [0, 0.05) is 45.0 Å². The fourth-order valence-electron chi connectivity index (χ4n) is 6.27. The number of carbonyl (C=O) groups excluding carboxylic acids is 2. The van der Waals surface area contributed by atoms with Crippen molar-refractivity contribution in [3.05, 3.63) is 69.3 Å². The Balaban J connectivity index is 1.18. The summed E-state index contributed by atoms with van der Waals surface area (Å²) in [5, 5.41) is 3.52. The molecule has 2 saturated heterocycles. The third kappa shape index (κ3) is 11.9. The number of rotatable bonds is 7. The van der Waals surface area contributed by atoms with Gasteiger partial charge in [0.2, 0.25) is 11.8 Å². The van der Waals surface area contributed by atoms with E-state index in [0.29, 0.717) is 129 Å². The molecule has 5 rings (SSSR count). The topological polar surface area (TPSA) is 137 Å². The molecule has 2 fully saturated rings. The number of nitrogens with one attached hydrogen (secondary N) is 1. The molecule has 2 aliphatic heterocycles. The Morgan fingerprint density at radius 3 is 1.88 bits per heavy atom. The quantitative estimate of drug-likeness (QED) is 0.384. The minimum atomic E-state index is -0.228. The van der Waals surface area contributed by atoms with Crippen LogP contribution in [0.1, 0.15) is 22.5 Å². The van der Waals surface area contributed by atoms with Crippen molar-refractivity contribution in [2.45, 2.75) is 33.9 Å². The molecular formula is C38H54N6O8. The average molecular weight is 723 g/mol. The Kier molecular flexibility index (Phi) is 15.5. The number of benzene rings is 2. The summed E-state index contributed by atoms with van der Waals surface area (Å²) in [5.74, 6) is 0.310. The Morgan fingerprint density at radius 2 is 1.27 bits per heavy atom. The molecule has 2 amide bonds. The van der Waals surface area contributed by atoms with E-state index in [1.807, 2.05) is 49.9 Å². The summed E-state index contributed by atoms with van der Waals surface area (Å²) in [6.45, 7) is 14.1. The molecule has 0 aliphatic carbocycles. The Hall–Kier alpha value is -3.76. The maximum Gasteiger partial charge on any atom is 0.261 e. The second-order valence-corrected chi connectivity index (χ2v) is 13.3. The van der Waals surface area contributed by atoms with Crippen molar-refractivity contribution < 1.29 is 33.3 Å². The number of hydrogen-bond acceptors (Lipinski definition) is 11. The van der Waals surface area contributed by atoms with Crippen LogP contribution < -0.4 is 10.9 Å². The average Bonchev–Trinajstić information content (AvgIpc) is 3.13. The molecule has 0 atom stereocenters. The molecule has 0 saturated carbocycles. The zero-order valence-electron chi connectivity index (χ0n) is 30.9. The van der Waals surface area contributed by atoms with Gasteiger partial charge in [0.25, 0.3) is 5.56 Å². The van der Waals surface area contributed by atoms with Gasteiger partial charge in [-0.1, -0.05) is 29.8 Å². The first-order chi connectivity index (χ1) is 25.3. The van der Waals surface area contributed by atoms with Gasteiger partial charge in [0.15, 0.2) is 0 Å². The highest BCUT2D eigenvalue weighted by molar-refractivity contribution is 5.93. The molecule has 0 bridgehead atoms. The smallest absolute Gasteiger partial charge is 0.261 e. The van der Waals surface area contributed by atoms with Crippen LogP contribution in [0.5, 0.6) is 0 Å². The van der Waals surface area contributed by atoms with Crippen molar-refractivity contribution >= 4 is 28.4 Å². The minimum Gasteiger partial charge on any atom is -0.378 e. The summed E-state index contributed by atoms with van der Waals surface area (Å²) in [4.78, 5) is 50.9. The fraction of sp³-hybridized carbons (Fsp3) is 0.579. The van der Waals surface area contributed by atoms with Crippen molar-refractivity contribution in [1.82, 2.24) is 24.3 Å². The zero-order chi connectivity index (χ0) is 36.7. The predicted molar refractivity (Wildman–Crippen MR) is 198 cm³/mol. The highest BCUT2D eigenvalue weighted by Crippen LogP contribution is 2.17. The summed E-state index contributed by atoms with van der Waals surface area (Å²) < 4.78 is 30.6. The SMILES string of the molecule is Cc1ccc(NC(=O)CN2CCOCCOCCN(Cc3nc4c(C)cccc4c(=O)n3CC(=O)N3CCOCC3)CCOCCOCC2)c(C)c1. The Morgan fingerprint density at radius 1 is 0.692 bits per heavy atom. The van der Waals surface area contributed by atoms with Gasteiger partial charge < -0.3 is 33.9 Å². The van der Waals surface area contributed by atoms with Crippen LogP contribution in [0.3, 0.4) is 0 Å². The number of ether oxygens (including phenoxy) is 5. The first kappa shape index (κ1) is 39.4. The van der Waals surface area contributed by atoms with E-state index in [1.54, 1.807) is 11.0 Å². The highest BCUT2D eigenvalue weighted by Gasteiger charge is 2.22. The van der Waals surface area contributed by atoms with Crippen LogP contribution in [0.2, 0.25) is 0 Å². The molecular weight excluding hydrogens is 668 g/mol. The van der Waals surface area contributed by atoms with Crippen LogP contribution in [0.25, 0.3) is 10.9 Å². The van der Waals surface area contributed by atoms with E-state index in [9.17, 15) is 14.4 Å². The maximum absolute atomic E-state index is 13.8. The van der Waals surface area contributed by atoms with E-state index >= 15 is 0 Å². The lowest BCUT2D eigenvalue weighted by atomic mass is 10.1. The van der Waals surface area contributed by atoms with Gasteiger partial charge in [-0.05, 0) is 44.0 Å². The molecule has 52 heavy (non-hydrogen) atoms. The van der Waals surface area contributed by atoms with Crippen molar-refractivity contribution in [2.24, 2.45) is 0 Å². The third-order valence-electron chi connectivity index (χ3n) is 9.26. The molecule has 284 valence electrons. The monoisotopic (exact) mass is 722 g/mol. The summed E-state index contributed by atoms with van der Waals surface area (Å²) >= 11 is 0. The normalized spacial score (nSPS) is 18.5. The Bertz CT molecular complexity index is 1660. The number of carbonyl (C=O) groups is 2. The predicted octanol–water partition coefficient (Wildman–Crippen LogP) is 2.00. The summed E-state index contributed by atoms with van der Waals surface area (Å²) in [6.07, 6.45) is 0. The second kappa shape index (κ2) is 20.5. The summed E-state index contributed by atoms with van der Waals surface area (Å²) in [7, 11) is 0. The van der Waals surface area contributed by atoms with Crippen LogP contribution in [0, 0.1) is 20.8 Å². The number of morpholine rings is 1. The van der Waals surface area contributed by atoms with Gasteiger partial charge >= 0.3 is 0 Å². The molecule has 3 aromatic rings. The van der Waals surface area contributed by atoms with E-state index < -0.39 is 0 Å². The molecule has 1 N–H and O–H groups in total. The van der Waals surface area contributed by atoms with E-state index in [4.69, 9.17) is 28.7 Å². The molecule has 2 aromatic carbocycles. The molecule has 0 unspecified atom stereocenters. The second-order valence-electron chi connectivity index (χ2n) is 13.3. The van der Waals surface area contributed by atoms with Gasteiger partial charge in [-0.15, -0.1) is 0 Å². The van der Waals surface area contributed by atoms with E-state index in [-0.39, 0.29) is 30.5 Å². The standard InChI is InChI=1S/C38H54N6O8/c1-29-7-8-33(31(3)25-29)39-35(45)27-42-11-17-51-23-21-49-15-9-41(10-16-50-22-24-52-18-12-42)26-34-40-37-30(2)5-4-6-32(37)38(47)44(34)28-36(46)43-13-19-48-20-14-43/h4-8,25H,9-24,26-28H2,1-3H3,(H,39,45). The molecule has 14 heteroatoms. The number of nitrogens with zero attached hydrogens (tertiary/aromatic N) is 5. The number of anilines is 1. The molecule has 0 radical (unpaired) electrons. The first-order valence-electron chi connectivity index (χ1n) is 18.3. The van der Waals surface area contributed by atoms with E-state index in [0.717, 1.165) is 22.4 Å². The van der Waals surface area contributed by atoms with Crippen molar-refractivity contribution in [1.29, 1.82) is 0 Å². The van der Waals surface area contributed by atoms with Crippen molar-refractivity contribution in [2.75, 3.05) is 117 Å². The van der Waals surface area contributed by atoms with Gasteiger partial charge in [-0.3, -0.25) is 28.8 Å². The van der Waals surface area contributed by atoms with E-state index in [1.165, 1.54) is 4.57 Å². The number of fused-ring (bicyclic) bond motifs is 1. The largest absolute Gasteiger partial charge is 0.378 e. The van der Waals surface area contributed by atoms with Crippen LogP contribution in [0.15, 0.2) is 41.2 Å². The third-order valence-corrected chi connectivity index (χ3v) is 9.26. The van der Waals surface area contributed by atoms with Gasteiger partial charge in [-0.25, -0.2) is 4.98 Å². The number of aromatic nitrogens is 2. The van der Waals surface area contributed by atoms with Crippen LogP contribution in [-0.4, -0.2) is 148 Å². The van der Waals surface area contributed by atoms with Crippen LogP contribution in [-0.2, 0) is 46.4 Å². The minimum absolute atomic E-state index is 0.0833. The van der Waals surface area contributed by atoms with Gasteiger partial charge in [0.05, 0.1) is 90.1 Å². The zero-order valence-corrected chi connectivity index (χ0v) is 30.9. The first-order valence-corrected chi connectivity index (χ1v) is 18.3. The number of para-hydroxylation sites is 1. The van der Waals surface area contributed by atoms with Gasteiger partial charge in [-0.2, -0.15) is 0 Å². The van der Waals surface area contributed by atoms with Gasteiger partial charge in [0.1, 0.15) is 12.4 Å². The van der Waals surface area contributed by atoms with Crippen LogP contribution >= 0.6 is 0 Å². The number of hydrogen-bond donors (Lipinski definition) is 1. The number of amides is 2. The lowest BCUT2D eigenvalue weighted by Crippen LogP contribution is -2.44. The number of aryl methyl sites for hydroxylation is 3. The van der Waals surface area contributed by atoms with E-state index in [2.05, 4.69) is 16.3 Å². The Labute approximate surface area is 305 Å². The molecule has 14 nitrogen and oxygen atoms in total. The summed E-state index contributed by atoms with van der Waals surface area (Å²) in [5.41, 5.74) is 4.30. The van der Waals surface area contributed by atoms with Crippen molar-refractivity contribution in [3.63, 3.8) is 0 Å². The molecule has 0 spiro atoms. The molecule has 3 heterocycles. The fourth-order valence-corrected chi connectivity index (χ4v) is 6.27. The lowest BCUT2D eigenvalue weighted by Gasteiger charge is -2.28. The van der Waals surface area contributed by atoms with Crippen molar-refractivity contribution in [3.8, 4) is 0 Å². The molecule has 1 aromatic heterocycles. The molecule has 2 aliphatic rings. The lowest BCUT2D eigenvalue weighted by molar-refractivity contribution is -0.136. The summed E-state index contributed by atoms with van der Waals surface area (Å²) in [6, 6.07) is 11.5. The maximum atomic E-state index is 13.8.